The third-order valence-corrected chi connectivity index (χ3v) is 8.06. The fraction of sp³-hybridized carbons (Fsp3) is 0.438. The van der Waals surface area contributed by atoms with Crippen molar-refractivity contribution in [1.29, 1.82) is 0 Å². The number of piperidine rings is 1. The third kappa shape index (κ3) is 6.22. The van der Waals surface area contributed by atoms with Crippen LogP contribution in [0.5, 0.6) is 0 Å². The molecule has 0 aliphatic carbocycles. The molecule has 0 unspecified atom stereocenters. The average molecular weight is 541 g/mol. The molecule has 208 valence electrons. The van der Waals surface area contributed by atoms with E-state index in [0.29, 0.717) is 42.4 Å². The fourth-order valence-corrected chi connectivity index (χ4v) is 5.51. The molecule has 0 bridgehead atoms. The Bertz CT molecular complexity index is 1400. The van der Waals surface area contributed by atoms with Crippen molar-refractivity contribution in [3.8, 4) is 23.1 Å². The Morgan fingerprint density at radius 1 is 0.950 bits per heavy atom. The summed E-state index contributed by atoms with van der Waals surface area (Å²) in [5.74, 6) is 5.58. The summed E-state index contributed by atoms with van der Waals surface area (Å²) in [7, 11) is 2.16. The number of pyridine rings is 1. The van der Waals surface area contributed by atoms with Gasteiger partial charge in [-0.05, 0) is 57.0 Å². The van der Waals surface area contributed by atoms with Gasteiger partial charge in [-0.3, -0.25) is 14.7 Å². The minimum absolute atomic E-state index is 0.0984. The van der Waals surface area contributed by atoms with Crippen LogP contribution in [0, 0.1) is 17.7 Å². The van der Waals surface area contributed by atoms with Crippen LogP contribution in [0.4, 0.5) is 4.39 Å². The molecule has 5 rings (SSSR count). The molecule has 0 saturated carbocycles. The number of likely N-dealkylation sites (N-methyl/N-ethyl adjacent to an activating group) is 1. The number of amides is 1. The Balaban J connectivity index is 1.32. The number of aryl methyl sites for hydroxylation is 2. The molecule has 1 amide bonds. The lowest BCUT2D eigenvalue weighted by Crippen LogP contribution is -2.53. The molecular formula is C32H37FN6O. The smallest absolute Gasteiger partial charge is 0.256 e. The van der Waals surface area contributed by atoms with Crippen molar-refractivity contribution >= 4 is 5.91 Å². The van der Waals surface area contributed by atoms with E-state index in [1.165, 1.54) is 12.4 Å². The van der Waals surface area contributed by atoms with E-state index < -0.39 is 5.82 Å². The van der Waals surface area contributed by atoms with Crippen molar-refractivity contribution in [2.75, 3.05) is 46.3 Å². The highest BCUT2D eigenvalue weighted by atomic mass is 19.1. The maximum absolute atomic E-state index is 15.4. The molecule has 2 fully saturated rings. The van der Waals surface area contributed by atoms with Crippen molar-refractivity contribution in [3.05, 3.63) is 76.8 Å². The number of piperazine rings is 1. The summed E-state index contributed by atoms with van der Waals surface area (Å²) in [4.78, 5) is 33.2. The highest BCUT2D eigenvalue weighted by molar-refractivity contribution is 5.95. The van der Waals surface area contributed by atoms with E-state index in [1.54, 1.807) is 23.2 Å². The number of nitrogens with zero attached hydrogens (tertiary/aromatic N) is 6. The first-order valence-corrected chi connectivity index (χ1v) is 14.3. The van der Waals surface area contributed by atoms with Crippen molar-refractivity contribution in [2.24, 2.45) is 0 Å². The highest BCUT2D eigenvalue weighted by Crippen LogP contribution is 2.27. The molecule has 7 nitrogen and oxygen atoms in total. The predicted octanol–water partition coefficient (Wildman–Crippen LogP) is 4.05. The molecule has 3 aromatic rings. The number of rotatable bonds is 5. The zero-order chi connectivity index (χ0) is 28.1. The first-order chi connectivity index (χ1) is 19.5. The van der Waals surface area contributed by atoms with Gasteiger partial charge in [0.05, 0.1) is 22.5 Å². The normalized spacial score (nSPS) is 16.9. The summed E-state index contributed by atoms with van der Waals surface area (Å²) in [6, 6.07) is 9.15. The molecule has 0 spiro atoms. The maximum atomic E-state index is 15.4. The Kier molecular flexibility index (Phi) is 8.83. The van der Waals surface area contributed by atoms with Gasteiger partial charge in [0.1, 0.15) is 12.1 Å². The van der Waals surface area contributed by atoms with E-state index in [0.717, 1.165) is 62.4 Å². The van der Waals surface area contributed by atoms with Gasteiger partial charge in [-0.15, -0.1) is 0 Å². The second kappa shape index (κ2) is 12.7. The summed E-state index contributed by atoms with van der Waals surface area (Å²) in [5.41, 5.74) is 4.48. The molecule has 0 N–H and O–H groups in total. The van der Waals surface area contributed by atoms with Gasteiger partial charge < -0.3 is 9.80 Å². The van der Waals surface area contributed by atoms with Crippen LogP contribution < -0.4 is 0 Å². The number of hydrogen-bond acceptors (Lipinski definition) is 6. The summed E-state index contributed by atoms with van der Waals surface area (Å²) in [6.45, 7) is 9.67. The van der Waals surface area contributed by atoms with Crippen molar-refractivity contribution in [2.45, 2.75) is 45.6 Å². The van der Waals surface area contributed by atoms with Gasteiger partial charge in [-0.25, -0.2) is 14.4 Å². The number of halogens is 1. The average Bonchev–Trinajstić information content (AvgIpc) is 3.00. The van der Waals surface area contributed by atoms with Gasteiger partial charge in [-0.2, -0.15) is 0 Å². The quantitative estimate of drug-likeness (QED) is 0.455. The summed E-state index contributed by atoms with van der Waals surface area (Å²) in [5, 5.41) is 0. The number of hydrogen-bond donors (Lipinski definition) is 0. The molecular weight excluding hydrogens is 503 g/mol. The SMILES string of the molecule is CCc1ccc(C#Cc2c(CC)ncnc2-c2ccc(C(=O)N3CCC(N4CCN(C)CC4)CC3)c(F)c2)cn1. The number of likely N-dealkylation sites (tertiary alicyclic amines) is 1. The second-order valence-corrected chi connectivity index (χ2v) is 10.6. The van der Waals surface area contributed by atoms with Crippen molar-refractivity contribution in [1.82, 2.24) is 29.7 Å². The standard InChI is InChI=1S/C32H37FN6O/c1-4-25-9-6-23(21-34-25)7-10-28-30(5-2)35-22-36-31(28)24-8-11-27(29(33)20-24)32(40)39-14-12-26(13-15-39)38-18-16-37(3)17-19-38/h6,8-9,11,20-22,26H,4-5,12-19H2,1-3H3. The predicted molar refractivity (Wildman–Crippen MR) is 154 cm³/mol. The van der Waals surface area contributed by atoms with E-state index in [9.17, 15) is 4.79 Å². The molecule has 40 heavy (non-hydrogen) atoms. The molecule has 2 aliphatic heterocycles. The number of aromatic nitrogens is 3. The molecule has 1 aromatic carbocycles. The van der Waals surface area contributed by atoms with Crippen molar-refractivity contribution < 1.29 is 9.18 Å². The molecule has 4 heterocycles. The molecule has 0 atom stereocenters. The number of benzene rings is 1. The van der Waals surface area contributed by atoms with Gasteiger partial charge >= 0.3 is 0 Å². The van der Waals surface area contributed by atoms with Crippen LogP contribution in [0.2, 0.25) is 0 Å². The Hall–Kier alpha value is -3.67. The second-order valence-electron chi connectivity index (χ2n) is 10.6. The Morgan fingerprint density at radius 2 is 1.73 bits per heavy atom. The Labute approximate surface area is 236 Å². The van der Waals surface area contributed by atoms with E-state index >= 15 is 4.39 Å². The number of carbonyl (C=O) groups excluding carboxylic acids is 1. The van der Waals surface area contributed by atoms with Crippen LogP contribution in [0.25, 0.3) is 11.3 Å². The van der Waals surface area contributed by atoms with Crippen LogP contribution in [0.3, 0.4) is 0 Å². The van der Waals surface area contributed by atoms with Gasteiger partial charge in [0.15, 0.2) is 0 Å². The lowest BCUT2D eigenvalue weighted by molar-refractivity contribution is 0.0515. The molecule has 2 aliphatic rings. The van der Waals surface area contributed by atoms with Crippen LogP contribution in [-0.2, 0) is 12.8 Å². The van der Waals surface area contributed by atoms with Crippen LogP contribution >= 0.6 is 0 Å². The fourth-order valence-electron chi connectivity index (χ4n) is 5.51. The largest absolute Gasteiger partial charge is 0.338 e. The zero-order valence-corrected chi connectivity index (χ0v) is 23.7. The minimum atomic E-state index is -0.543. The summed E-state index contributed by atoms with van der Waals surface area (Å²) >= 11 is 0. The molecule has 0 radical (unpaired) electrons. The summed E-state index contributed by atoms with van der Waals surface area (Å²) < 4.78 is 15.4. The third-order valence-electron chi connectivity index (χ3n) is 8.06. The van der Waals surface area contributed by atoms with Gasteiger partial charge in [0.2, 0.25) is 0 Å². The van der Waals surface area contributed by atoms with Crippen LogP contribution in [-0.4, -0.2) is 87.9 Å². The van der Waals surface area contributed by atoms with E-state index in [2.05, 4.69) is 50.6 Å². The van der Waals surface area contributed by atoms with E-state index in [1.807, 2.05) is 19.1 Å². The zero-order valence-electron chi connectivity index (χ0n) is 23.7. The monoisotopic (exact) mass is 540 g/mol. The topological polar surface area (TPSA) is 65.5 Å². The van der Waals surface area contributed by atoms with E-state index in [4.69, 9.17) is 0 Å². The maximum Gasteiger partial charge on any atom is 0.256 e. The van der Waals surface area contributed by atoms with Crippen LogP contribution in [0.1, 0.15) is 59.6 Å². The molecule has 8 heteroatoms. The molecule has 2 saturated heterocycles. The summed E-state index contributed by atoms with van der Waals surface area (Å²) in [6.07, 6.45) is 6.62. The lowest BCUT2D eigenvalue weighted by Gasteiger charge is -2.42. The highest BCUT2D eigenvalue weighted by Gasteiger charge is 2.30. The van der Waals surface area contributed by atoms with Crippen LogP contribution in [0.15, 0.2) is 42.9 Å². The first kappa shape index (κ1) is 27.9. The number of carbonyl (C=O) groups is 1. The first-order valence-electron chi connectivity index (χ1n) is 14.3. The Morgan fingerprint density at radius 3 is 2.38 bits per heavy atom. The minimum Gasteiger partial charge on any atom is -0.338 e. The lowest BCUT2D eigenvalue weighted by atomic mass is 9.99. The van der Waals surface area contributed by atoms with Gasteiger partial charge in [0, 0.05) is 68.3 Å². The van der Waals surface area contributed by atoms with Gasteiger partial charge in [-0.1, -0.05) is 31.8 Å². The van der Waals surface area contributed by atoms with E-state index in [-0.39, 0.29) is 11.5 Å². The van der Waals surface area contributed by atoms with Gasteiger partial charge in [0.25, 0.3) is 5.91 Å². The van der Waals surface area contributed by atoms with Crippen molar-refractivity contribution in [3.63, 3.8) is 0 Å². The molecule has 2 aromatic heterocycles.